The maximum absolute atomic E-state index is 12.7. The number of hydrogen-bond donors (Lipinski definition) is 1. The molecule has 1 fully saturated rings. The van der Waals surface area contributed by atoms with E-state index in [0.29, 0.717) is 0 Å². The van der Waals surface area contributed by atoms with Gasteiger partial charge in [0.25, 0.3) is 0 Å². The molecule has 1 aliphatic rings. The van der Waals surface area contributed by atoms with Gasteiger partial charge in [0, 0.05) is 26.2 Å². The molecule has 0 aliphatic carbocycles. The van der Waals surface area contributed by atoms with Crippen molar-refractivity contribution < 1.29 is 9.53 Å². The van der Waals surface area contributed by atoms with Gasteiger partial charge in [0.15, 0.2) is 0 Å². The van der Waals surface area contributed by atoms with Gasteiger partial charge in [-0.05, 0) is 30.5 Å². The molecule has 1 amide bonds. The molecule has 0 bridgehead atoms. The van der Waals surface area contributed by atoms with E-state index in [4.69, 9.17) is 4.74 Å². The molecule has 1 atom stereocenters. The third kappa shape index (κ3) is 3.12. The minimum absolute atomic E-state index is 0.0438. The lowest BCUT2D eigenvalue weighted by molar-refractivity contribution is -0.133. The Balaban J connectivity index is 2.18. The fourth-order valence-electron chi connectivity index (χ4n) is 2.78. The summed E-state index contributed by atoms with van der Waals surface area (Å²) < 4.78 is 5.29. The van der Waals surface area contributed by atoms with Gasteiger partial charge in [0.05, 0.1) is 13.0 Å². The highest BCUT2D eigenvalue weighted by atomic mass is 16.5. The van der Waals surface area contributed by atoms with Crippen molar-refractivity contribution in [3.05, 3.63) is 29.3 Å². The molecule has 20 heavy (non-hydrogen) atoms. The minimum atomic E-state index is -0.0438. The Bertz CT molecular complexity index is 468. The highest BCUT2D eigenvalue weighted by molar-refractivity contribution is 5.84. The number of carbonyl (C=O) groups excluding carboxylic acids is 1. The lowest BCUT2D eigenvalue weighted by atomic mass is 9.93. The number of piperazine rings is 1. The highest BCUT2D eigenvalue weighted by Crippen LogP contribution is 2.27. The van der Waals surface area contributed by atoms with E-state index in [1.807, 2.05) is 24.0 Å². The zero-order valence-corrected chi connectivity index (χ0v) is 12.6. The van der Waals surface area contributed by atoms with Crippen molar-refractivity contribution in [2.45, 2.75) is 26.2 Å². The number of benzene rings is 1. The first-order valence-electron chi connectivity index (χ1n) is 7.31. The third-order valence-electron chi connectivity index (χ3n) is 3.96. The second-order valence-corrected chi connectivity index (χ2v) is 5.27. The molecule has 4 heteroatoms. The van der Waals surface area contributed by atoms with Crippen LogP contribution in [0.4, 0.5) is 0 Å². The first-order chi connectivity index (χ1) is 9.67. The fraction of sp³-hybridized carbons (Fsp3) is 0.562. The van der Waals surface area contributed by atoms with E-state index in [2.05, 4.69) is 18.3 Å². The average Bonchev–Trinajstić information content (AvgIpc) is 2.49. The Morgan fingerprint density at radius 1 is 1.40 bits per heavy atom. The van der Waals surface area contributed by atoms with Crippen LogP contribution in [0.3, 0.4) is 0 Å². The normalized spacial score (nSPS) is 16.9. The summed E-state index contributed by atoms with van der Waals surface area (Å²) in [6.07, 6.45) is 0.828. The van der Waals surface area contributed by atoms with Crippen LogP contribution >= 0.6 is 0 Å². The van der Waals surface area contributed by atoms with Crippen LogP contribution in [0, 0.1) is 6.92 Å². The average molecular weight is 276 g/mol. The molecule has 110 valence electrons. The molecule has 2 rings (SSSR count). The lowest BCUT2D eigenvalue weighted by Crippen LogP contribution is -2.48. The van der Waals surface area contributed by atoms with E-state index in [1.165, 1.54) is 0 Å². The Labute approximate surface area is 121 Å². The number of aryl methyl sites for hydroxylation is 1. The number of ether oxygens (including phenoxy) is 1. The highest BCUT2D eigenvalue weighted by Gasteiger charge is 2.25. The molecule has 1 aliphatic heterocycles. The van der Waals surface area contributed by atoms with Gasteiger partial charge >= 0.3 is 0 Å². The van der Waals surface area contributed by atoms with Crippen LogP contribution < -0.4 is 10.1 Å². The molecular formula is C16H24N2O2. The summed E-state index contributed by atoms with van der Waals surface area (Å²) in [5.74, 6) is 1.08. The van der Waals surface area contributed by atoms with E-state index in [0.717, 1.165) is 49.5 Å². The number of methoxy groups -OCH3 is 1. The van der Waals surface area contributed by atoms with Crippen LogP contribution in [0.15, 0.2) is 18.2 Å². The topological polar surface area (TPSA) is 41.6 Å². The van der Waals surface area contributed by atoms with Gasteiger partial charge in [-0.2, -0.15) is 0 Å². The maximum Gasteiger partial charge on any atom is 0.230 e. The zero-order valence-electron chi connectivity index (χ0n) is 12.6. The number of nitrogens with zero attached hydrogens (tertiary/aromatic N) is 1. The Hall–Kier alpha value is -1.55. The molecule has 1 heterocycles. The van der Waals surface area contributed by atoms with Crippen LogP contribution in [0.5, 0.6) is 5.75 Å². The molecule has 1 aromatic carbocycles. The van der Waals surface area contributed by atoms with Crippen LogP contribution in [-0.2, 0) is 4.79 Å². The van der Waals surface area contributed by atoms with Crippen molar-refractivity contribution in [3.63, 3.8) is 0 Å². The number of carbonyl (C=O) groups is 1. The molecule has 0 radical (unpaired) electrons. The SMILES string of the molecule is CCC(C(=O)N1CCNCC1)c1ccc(OC)c(C)c1. The van der Waals surface area contributed by atoms with Gasteiger partial charge in [0.2, 0.25) is 5.91 Å². The molecule has 1 N–H and O–H groups in total. The van der Waals surface area contributed by atoms with E-state index in [9.17, 15) is 4.79 Å². The predicted molar refractivity (Wildman–Crippen MR) is 80.2 cm³/mol. The van der Waals surface area contributed by atoms with Gasteiger partial charge in [-0.15, -0.1) is 0 Å². The molecule has 4 nitrogen and oxygen atoms in total. The molecule has 1 saturated heterocycles. The second-order valence-electron chi connectivity index (χ2n) is 5.27. The second kappa shape index (κ2) is 6.75. The van der Waals surface area contributed by atoms with Gasteiger partial charge in [-0.1, -0.05) is 19.1 Å². The molecular weight excluding hydrogens is 252 g/mol. The standard InChI is InChI=1S/C16H24N2O2/c1-4-14(16(19)18-9-7-17-8-10-18)13-5-6-15(20-3)12(2)11-13/h5-6,11,14,17H,4,7-10H2,1-3H3. The first kappa shape index (κ1) is 14.9. The summed E-state index contributed by atoms with van der Waals surface area (Å²) in [7, 11) is 1.67. The zero-order chi connectivity index (χ0) is 14.5. The van der Waals surface area contributed by atoms with E-state index < -0.39 is 0 Å². The summed E-state index contributed by atoms with van der Waals surface area (Å²) in [5.41, 5.74) is 2.17. The Morgan fingerprint density at radius 2 is 2.10 bits per heavy atom. The van der Waals surface area contributed by atoms with Crippen LogP contribution in [0.2, 0.25) is 0 Å². The lowest BCUT2D eigenvalue weighted by Gasteiger charge is -2.31. The van der Waals surface area contributed by atoms with Crippen molar-refractivity contribution in [2.75, 3.05) is 33.3 Å². The fourth-order valence-corrected chi connectivity index (χ4v) is 2.78. The van der Waals surface area contributed by atoms with Gasteiger partial charge < -0.3 is 15.0 Å². The monoisotopic (exact) mass is 276 g/mol. The summed E-state index contributed by atoms with van der Waals surface area (Å²) >= 11 is 0. The van der Waals surface area contributed by atoms with E-state index in [1.54, 1.807) is 7.11 Å². The van der Waals surface area contributed by atoms with E-state index in [-0.39, 0.29) is 11.8 Å². The smallest absolute Gasteiger partial charge is 0.230 e. The van der Waals surface area contributed by atoms with Crippen LogP contribution in [0.1, 0.15) is 30.4 Å². The summed E-state index contributed by atoms with van der Waals surface area (Å²) in [6, 6.07) is 6.05. The Kier molecular flexibility index (Phi) is 5.01. The van der Waals surface area contributed by atoms with Crippen molar-refractivity contribution in [3.8, 4) is 5.75 Å². The van der Waals surface area contributed by atoms with Crippen molar-refractivity contribution in [1.82, 2.24) is 10.2 Å². The molecule has 0 spiro atoms. The van der Waals surface area contributed by atoms with Crippen molar-refractivity contribution in [2.24, 2.45) is 0 Å². The molecule has 0 saturated carbocycles. The Morgan fingerprint density at radius 3 is 2.65 bits per heavy atom. The van der Waals surface area contributed by atoms with Crippen molar-refractivity contribution in [1.29, 1.82) is 0 Å². The molecule has 1 aromatic rings. The largest absolute Gasteiger partial charge is 0.496 e. The minimum Gasteiger partial charge on any atom is -0.496 e. The first-order valence-corrected chi connectivity index (χ1v) is 7.31. The molecule has 0 aromatic heterocycles. The quantitative estimate of drug-likeness (QED) is 0.913. The van der Waals surface area contributed by atoms with E-state index >= 15 is 0 Å². The molecule has 1 unspecified atom stereocenters. The number of hydrogen-bond acceptors (Lipinski definition) is 3. The van der Waals surface area contributed by atoms with Gasteiger partial charge in [-0.25, -0.2) is 0 Å². The van der Waals surface area contributed by atoms with Crippen LogP contribution in [-0.4, -0.2) is 44.1 Å². The summed E-state index contributed by atoms with van der Waals surface area (Å²) in [5, 5.41) is 3.28. The number of rotatable bonds is 4. The van der Waals surface area contributed by atoms with Gasteiger partial charge in [-0.3, -0.25) is 4.79 Å². The predicted octanol–water partition coefficient (Wildman–Crippen LogP) is 1.93. The maximum atomic E-state index is 12.7. The number of amides is 1. The third-order valence-corrected chi connectivity index (χ3v) is 3.96. The van der Waals surface area contributed by atoms with Crippen molar-refractivity contribution >= 4 is 5.91 Å². The summed E-state index contributed by atoms with van der Waals surface area (Å²) in [6.45, 7) is 7.50. The number of nitrogens with one attached hydrogen (secondary N) is 1. The summed E-state index contributed by atoms with van der Waals surface area (Å²) in [4.78, 5) is 14.6. The van der Waals surface area contributed by atoms with Gasteiger partial charge in [0.1, 0.15) is 5.75 Å². The van der Waals surface area contributed by atoms with Crippen LogP contribution in [0.25, 0.3) is 0 Å².